The molecule has 0 saturated carbocycles. The number of hydrogen-bond acceptors (Lipinski definition) is 5. The first-order chi connectivity index (χ1) is 7.49. The minimum atomic E-state index is -3.37. The van der Waals surface area contributed by atoms with Crippen molar-refractivity contribution in [1.29, 1.82) is 0 Å². The molecule has 16 heavy (non-hydrogen) atoms. The smallest absolute Gasteiger partial charge is 0.264 e. The summed E-state index contributed by atoms with van der Waals surface area (Å²) in [6, 6.07) is 0. The molecule has 2 aliphatic rings. The number of hydrogen-bond donors (Lipinski definition) is 0. The van der Waals surface area contributed by atoms with Crippen LogP contribution in [0.4, 0.5) is 0 Å². The molecule has 0 aromatic carbocycles. The molecular weight excluding hydrogens is 232 g/mol. The lowest BCUT2D eigenvalue weighted by molar-refractivity contribution is -0.154. The summed E-state index contributed by atoms with van der Waals surface area (Å²) < 4.78 is 38.3. The van der Waals surface area contributed by atoms with Gasteiger partial charge in [-0.25, -0.2) is 0 Å². The third-order valence-electron chi connectivity index (χ3n) is 3.16. The Morgan fingerprint density at radius 1 is 1.25 bits per heavy atom. The summed E-state index contributed by atoms with van der Waals surface area (Å²) in [7, 11) is -3.37. The fraction of sp³-hybridized carbons (Fsp3) is 1.00. The fourth-order valence-electron chi connectivity index (χ4n) is 2.40. The van der Waals surface area contributed by atoms with Gasteiger partial charge in [0, 0.05) is 26.2 Å². The Morgan fingerprint density at radius 2 is 1.94 bits per heavy atom. The molecule has 0 aromatic heterocycles. The molecule has 0 bridgehead atoms. The summed E-state index contributed by atoms with van der Waals surface area (Å²) in [5.41, 5.74) is -0.216. The van der Waals surface area contributed by atoms with Crippen LogP contribution in [0.15, 0.2) is 0 Å². The zero-order valence-electron chi connectivity index (χ0n) is 9.48. The molecule has 0 aromatic rings. The van der Waals surface area contributed by atoms with Gasteiger partial charge in [0.2, 0.25) is 0 Å². The highest BCUT2D eigenvalue weighted by molar-refractivity contribution is 7.86. The quantitative estimate of drug-likeness (QED) is 0.675. The Morgan fingerprint density at radius 3 is 2.56 bits per heavy atom. The van der Waals surface area contributed by atoms with Crippen LogP contribution in [0.25, 0.3) is 0 Å². The Bertz CT molecular complexity index is 326. The predicted molar refractivity (Wildman–Crippen MR) is 57.7 cm³/mol. The maximum absolute atomic E-state index is 11.1. The van der Waals surface area contributed by atoms with Crippen molar-refractivity contribution in [3.05, 3.63) is 0 Å². The molecule has 2 heterocycles. The van der Waals surface area contributed by atoms with Crippen molar-refractivity contribution in [3.8, 4) is 0 Å². The second kappa shape index (κ2) is 4.60. The van der Waals surface area contributed by atoms with Crippen LogP contribution in [0.1, 0.15) is 25.7 Å². The van der Waals surface area contributed by atoms with E-state index in [9.17, 15) is 8.42 Å². The van der Waals surface area contributed by atoms with Crippen molar-refractivity contribution < 1.29 is 22.1 Å². The van der Waals surface area contributed by atoms with Crippen molar-refractivity contribution in [2.45, 2.75) is 37.4 Å². The van der Waals surface area contributed by atoms with E-state index in [0.29, 0.717) is 32.7 Å². The van der Waals surface area contributed by atoms with Gasteiger partial charge in [-0.3, -0.25) is 4.18 Å². The van der Waals surface area contributed by atoms with Crippen LogP contribution in [-0.2, 0) is 23.8 Å². The second-order valence-corrected chi connectivity index (χ2v) is 6.16. The molecule has 5 nitrogen and oxygen atoms in total. The van der Waals surface area contributed by atoms with Crippen molar-refractivity contribution in [3.63, 3.8) is 0 Å². The minimum Gasteiger partial charge on any atom is -0.381 e. The van der Waals surface area contributed by atoms with Gasteiger partial charge in [-0.2, -0.15) is 8.42 Å². The first-order valence-corrected chi connectivity index (χ1v) is 7.41. The average molecular weight is 250 g/mol. The van der Waals surface area contributed by atoms with Gasteiger partial charge >= 0.3 is 0 Å². The Balaban J connectivity index is 1.98. The summed E-state index contributed by atoms with van der Waals surface area (Å²) in [6.07, 6.45) is 3.83. The van der Waals surface area contributed by atoms with E-state index in [2.05, 4.69) is 0 Å². The normalized spacial score (nSPS) is 30.4. The van der Waals surface area contributed by atoms with Gasteiger partial charge in [0.25, 0.3) is 10.1 Å². The molecule has 0 amide bonds. The van der Waals surface area contributed by atoms with Gasteiger partial charge in [-0.15, -0.1) is 0 Å². The van der Waals surface area contributed by atoms with E-state index in [4.69, 9.17) is 13.7 Å². The second-order valence-electron chi connectivity index (χ2n) is 4.56. The Hall–Kier alpha value is -0.170. The molecule has 2 rings (SSSR count). The highest BCUT2D eigenvalue weighted by Crippen LogP contribution is 2.35. The summed E-state index contributed by atoms with van der Waals surface area (Å²) in [5, 5.41) is 0. The van der Waals surface area contributed by atoms with Crippen LogP contribution in [0, 0.1) is 0 Å². The van der Waals surface area contributed by atoms with Crippen LogP contribution < -0.4 is 0 Å². The fourth-order valence-corrected chi connectivity index (χ4v) is 3.06. The van der Waals surface area contributed by atoms with Gasteiger partial charge in [0.05, 0.1) is 18.0 Å². The lowest BCUT2D eigenvalue weighted by Crippen LogP contribution is -2.46. The highest BCUT2D eigenvalue weighted by Gasteiger charge is 2.40. The molecule has 2 aliphatic heterocycles. The number of ether oxygens (including phenoxy) is 2. The van der Waals surface area contributed by atoms with E-state index in [1.807, 2.05) is 0 Å². The van der Waals surface area contributed by atoms with Gasteiger partial charge < -0.3 is 9.47 Å². The average Bonchev–Trinajstić information content (AvgIpc) is 2.16. The molecule has 94 valence electrons. The van der Waals surface area contributed by atoms with Crippen LogP contribution >= 0.6 is 0 Å². The summed E-state index contributed by atoms with van der Waals surface area (Å²) in [4.78, 5) is 0. The van der Waals surface area contributed by atoms with Gasteiger partial charge in [0.15, 0.2) is 0 Å². The Kier molecular flexibility index (Phi) is 3.53. The monoisotopic (exact) mass is 250 g/mol. The summed E-state index contributed by atoms with van der Waals surface area (Å²) in [6.45, 7) is 1.94. The highest BCUT2D eigenvalue weighted by atomic mass is 32.2. The van der Waals surface area contributed by atoms with Crippen LogP contribution in [-0.4, -0.2) is 46.2 Å². The van der Waals surface area contributed by atoms with Crippen molar-refractivity contribution in [2.24, 2.45) is 0 Å². The first-order valence-electron chi connectivity index (χ1n) is 5.59. The largest absolute Gasteiger partial charge is 0.381 e. The maximum Gasteiger partial charge on any atom is 0.264 e. The molecule has 0 aliphatic carbocycles. The molecule has 0 N–H and O–H groups in total. The standard InChI is InChI=1S/C10H18O5S/c1-16(11,12)15-9-2-5-14-10(8-9)3-6-13-7-4-10/h9H,2-8H2,1H3/t9-/m0/s1. The molecular formula is C10H18O5S. The minimum absolute atomic E-state index is 0.216. The third kappa shape index (κ3) is 3.16. The SMILES string of the molecule is CS(=O)(=O)O[C@H]1CCOC2(CCOCC2)C1. The molecule has 0 unspecified atom stereocenters. The lowest BCUT2D eigenvalue weighted by atomic mass is 9.85. The van der Waals surface area contributed by atoms with Crippen molar-refractivity contribution >= 4 is 10.1 Å². The van der Waals surface area contributed by atoms with E-state index in [1.54, 1.807) is 0 Å². The van der Waals surface area contributed by atoms with Crippen molar-refractivity contribution in [2.75, 3.05) is 26.1 Å². The van der Waals surface area contributed by atoms with Crippen LogP contribution in [0.5, 0.6) is 0 Å². The molecule has 1 spiro atoms. The van der Waals surface area contributed by atoms with E-state index in [1.165, 1.54) is 0 Å². The maximum atomic E-state index is 11.1. The molecule has 6 heteroatoms. The Labute approximate surface area is 96.2 Å². The van der Waals surface area contributed by atoms with Gasteiger partial charge in [-0.1, -0.05) is 0 Å². The topological polar surface area (TPSA) is 61.8 Å². The third-order valence-corrected chi connectivity index (χ3v) is 3.78. The van der Waals surface area contributed by atoms with Gasteiger partial charge in [-0.05, 0) is 19.3 Å². The zero-order chi connectivity index (χ0) is 11.6. The van der Waals surface area contributed by atoms with E-state index in [0.717, 1.165) is 19.1 Å². The predicted octanol–water partition coefficient (Wildman–Crippen LogP) is 0.691. The molecule has 2 saturated heterocycles. The molecule has 1 atom stereocenters. The van der Waals surface area contributed by atoms with Crippen LogP contribution in [0.2, 0.25) is 0 Å². The molecule has 2 fully saturated rings. The zero-order valence-corrected chi connectivity index (χ0v) is 10.3. The van der Waals surface area contributed by atoms with Crippen LogP contribution in [0.3, 0.4) is 0 Å². The summed E-state index contributed by atoms with van der Waals surface area (Å²) in [5.74, 6) is 0. The lowest BCUT2D eigenvalue weighted by Gasteiger charge is -2.42. The van der Waals surface area contributed by atoms with Gasteiger partial charge in [0.1, 0.15) is 0 Å². The first kappa shape index (κ1) is 12.3. The number of rotatable bonds is 2. The van der Waals surface area contributed by atoms with E-state index < -0.39 is 10.1 Å². The summed E-state index contributed by atoms with van der Waals surface area (Å²) >= 11 is 0. The van der Waals surface area contributed by atoms with E-state index >= 15 is 0 Å². The van der Waals surface area contributed by atoms with Crippen molar-refractivity contribution in [1.82, 2.24) is 0 Å². The van der Waals surface area contributed by atoms with E-state index in [-0.39, 0.29) is 11.7 Å². The molecule has 0 radical (unpaired) electrons.